The third-order valence-electron chi connectivity index (χ3n) is 3.79. The Morgan fingerprint density at radius 1 is 1.00 bits per heavy atom. The zero-order valence-corrected chi connectivity index (χ0v) is 15.4. The predicted octanol–water partition coefficient (Wildman–Crippen LogP) is 2.25. The number of hydrogen-bond acceptors (Lipinski definition) is 6. The van der Waals surface area contributed by atoms with Crippen molar-refractivity contribution in [1.82, 2.24) is 5.32 Å². The second kappa shape index (κ2) is 9.38. The second-order valence-electron chi connectivity index (χ2n) is 5.66. The quantitative estimate of drug-likeness (QED) is 0.565. The van der Waals surface area contributed by atoms with E-state index >= 15 is 0 Å². The number of amides is 1. The average Bonchev–Trinajstić information content (AvgIpc) is 2.71. The molecule has 0 saturated heterocycles. The van der Waals surface area contributed by atoms with Gasteiger partial charge in [-0.05, 0) is 31.2 Å². The summed E-state index contributed by atoms with van der Waals surface area (Å²) in [5.74, 6) is -0.675. The number of ketones is 1. The molecule has 0 radical (unpaired) electrons. The third-order valence-corrected chi connectivity index (χ3v) is 3.79. The van der Waals surface area contributed by atoms with Crippen molar-refractivity contribution < 1.29 is 28.6 Å². The number of carbonyl (C=O) groups excluding carboxylic acids is 3. The van der Waals surface area contributed by atoms with Crippen LogP contribution in [0.3, 0.4) is 0 Å². The van der Waals surface area contributed by atoms with Gasteiger partial charge in [0.25, 0.3) is 5.91 Å². The van der Waals surface area contributed by atoms with E-state index in [0.717, 1.165) is 0 Å². The number of rotatable bonds is 8. The van der Waals surface area contributed by atoms with Crippen molar-refractivity contribution in [3.8, 4) is 11.5 Å². The minimum Gasteiger partial charge on any atom is -0.497 e. The van der Waals surface area contributed by atoms with Gasteiger partial charge < -0.3 is 19.5 Å². The number of ether oxygens (including phenoxy) is 3. The summed E-state index contributed by atoms with van der Waals surface area (Å²) in [5, 5.41) is 2.53. The van der Waals surface area contributed by atoms with Crippen LogP contribution in [0.15, 0.2) is 48.5 Å². The van der Waals surface area contributed by atoms with Crippen LogP contribution in [0.25, 0.3) is 0 Å². The standard InChI is InChI=1S/C20H21NO6/c1-13(21-19(23)14-7-5-4-6-8-14)20(24)27-12-17(22)16-10-9-15(25-2)11-18(16)26-3/h4-11,13H,12H2,1-3H3,(H,21,23)/t13-/m0/s1. The number of carbonyl (C=O) groups is 3. The van der Waals surface area contributed by atoms with E-state index < -0.39 is 30.3 Å². The van der Waals surface area contributed by atoms with Crippen LogP contribution in [0.4, 0.5) is 0 Å². The van der Waals surface area contributed by atoms with E-state index in [4.69, 9.17) is 14.2 Å². The van der Waals surface area contributed by atoms with Crippen LogP contribution < -0.4 is 14.8 Å². The highest BCUT2D eigenvalue weighted by Crippen LogP contribution is 2.25. The first-order valence-corrected chi connectivity index (χ1v) is 8.24. The lowest BCUT2D eigenvalue weighted by molar-refractivity contribution is -0.144. The number of hydrogen-bond donors (Lipinski definition) is 1. The van der Waals surface area contributed by atoms with Gasteiger partial charge in [0.15, 0.2) is 6.61 Å². The highest BCUT2D eigenvalue weighted by Gasteiger charge is 2.20. The van der Waals surface area contributed by atoms with Crippen molar-refractivity contribution in [2.75, 3.05) is 20.8 Å². The lowest BCUT2D eigenvalue weighted by Crippen LogP contribution is -2.40. The summed E-state index contributed by atoms with van der Waals surface area (Å²) < 4.78 is 15.3. The van der Waals surface area contributed by atoms with Gasteiger partial charge in [-0.25, -0.2) is 4.79 Å². The molecular weight excluding hydrogens is 350 g/mol. The molecule has 1 N–H and O–H groups in total. The van der Waals surface area contributed by atoms with Crippen molar-refractivity contribution in [3.63, 3.8) is 0 Å². The molecule has 0 heterocycles. The molecule has 0 bridgehead atoms. The van der Waals surface area contributed by atoms with E-state index in [9.17, 15) is 14.4 Å². The van der Waals surface area contributed by atoms with Crippen LogP contribution >= 0.6 is 0 Å². The largest absolute Gasteiger partial charge is 0.497 e. The van der Waals surface area contributed by atoms with E-state index in [2.05, 4.69) is 5.32 Å². The lowest BCUT2D eigenvalue weighted by Gasteiger charge is -2.14. The van der Waals surface area contributed by atoms with E-state index in [1.54, 1.807) is 42.5 Å². The molecule has 2 rings (SSSR count). The molecule has 7 nitrogen and oxygen atoms in total. The highest BCUT2D eigenvalue weighted by molar-refractivity contribution is 6.01. The van der Waals surface area contributed by atoms with Gasteiger partial charge in [-0.3, -0.25) is 9.59 Å². The molecule has 0 aliphatic heterocycles. The van der Waals surface area contributed by atoms with E-state index in [1.807, 2.05) is 0 Å². The molecule has 0 saturated carbocycles. The fourth-order valence-corrected chi connectivity index (χ4v) is 2.30. The number of nitrogens with one attached hydrogen (secondary N) is 1. The molecule has 0 unspecified atom stereocenters. The van der Waals surface area contributed by atoms with Gasteiger partial charge in [0, 0.05) is 11.6 Å². The van der Waals surface area contributed by atoms with Crippen molar-refractivity contribution in [2.45, 2.75) is 13.0 Å². The Kier molecular flexibility index (Phi) is 6.93. The Balaban J connectivity index is 1.92. The Morgan fingerprint density at radius 2 is 1.70 bits per heavy atom. The van der Waals surface area contributed by atoms with Crippen LogP contribution in [-0.2, 0) is 9.53 Å². The van der Waals surface area contributed by atoms with Gasteiger partial charge >= 0.3 is 5.97 Å². The van der Waals surface area contributed by atoms with Crippen molar-refractivity contribution in [3.05, 3.63) is 59.7 Å². The lowest BCUT2D eigenvalue weighted by atomic mass is 10.1. The second-order valence-corrected chi connectivity index (χ2v) is 5.66. The molecule has 142 valence electrons. The first kappa shape index (κ1) is 20.0. The van der Waals surface area contributed by atoms with Crippen LogP contribution in [0, 0.1) is 0 Å². The SMILES string of the molecule is COc1ccc(C(=O)COC(=O)[C@H](C)NC(=O)c2ccccc2)c(OC)c1. The number of esters is 1. The van der Waals surface area contributed by atoms with Gasteiger partial charge in [0.2, 0.25) is 5.78 Å². The van der Waals surface area contributed by atoms with Crippen LogP contribution in [0.5, 0.6) is 11.5 Å². The van der Waals surface area contributed by atoms with Gasteiger partial charge in [0.05, 0.1) is 19.8 Å². The van der Waals surface area contributed by atoms with E-state index in [0.29, 0.717) is 17.1 Å². The first-order valence-electron chi connectivity index (χ1n) is 8.24. The zero-order chi connectivity index (χ0) is 19.8. The Labute approximate surface area is 157 Å². The van der Waals surface area contributed by atoms with Crippen molar-refractivity contribution in [1.29, 1.82) is 0 Å². The normalized spacial score (nSPS) is 11.2. The summed E-state index contributed by atoms with van der Waals surface area (Å²) in [6, 6.07) is 12.3. The summed E-state index contributed by atoms with van der Waals surface area (Å²) in [4.78, 5) is 36.4. The maximum Gasteiger partial charge on any atom is 0.328 e. The van der Waals surface area contributed by atoms with Gasteiger partial charge in [0.1, 0.15) is 17.5 Å². The van der Waals surface area contributed by atoms with Crippen molar-refractivity contribution >= 4 is 17.7 Å². The molecule has 2 aromatic carbocycles. The molecule has 1 amide bonds. The molecular formula is C20H21NO6. The van der Waals surface area contributed by atoms with E-state index in [1.165, 1.54) is 27.2 Å². The summed E-state index contributed by atoms with van der Waals surface area (Å²) in [5.41, 5.74) is 0.697. The highest BCUT2D eigenvalue weighted by atomic mass is 16.5. The smallest absolute Gasteiger partial charge is 0.328 e. The fourth-order valence-electron chi connectivity index (χ4n) is 2.30. The fraction of sp³-hybridized carbons (Fsp3) is 0.250. The average molecular weight is 371 g/mol. The summed E-state index contributed by atoms with van der Waals surface area (Å²) in [7, 11) is 2.93. The Morgan fingerprint density at radius 3 is 2.33 bits per heavy atom. The molecule has 27 heavy (non-hydrogen) atoms. The van der Waals surface area contributed by atoms with Gasteiger partial charge in [-0.1, -0.05) is 18.2 Å². The predicted molar refractivity (Wildman–Crippen MR) is 98.2 cm³/mol. The summed E-state index contributed by atoms with van der Waals surface area (Å²) >= 11 is 0. The van der Waals surface area contributed by atoms with Crippen LogP contribution in [0.1, 0.15) is 27.6 Å². The monoisotopic (exact) mass is 371 g/mol. The molecule has 2 aromatic rings. The van der Waals surface area contributed by atoms with Gasteiger partial charge in [-0.15, -0.1) is 0 Å². The third kappa shape index (κ3) is 5.31. The minimum absolute atomic E-state index is 0.270. The molecule has 7 heteroatoms. The van der Waals surface area contributed by atoms with Crippen LogP contribution in [0.2, 0.25) is 0 Å². The molecule has 1 atom stereocenters. The molecule has 0 spiro atoms. The van der Waals surface area contributed by atoms with E-state index in [-0.39, 0.29) is 5.56 Å². The summed E-state index contributed by atoms with van der Waals surface area (Å²) in [6.07, 6.45) is 0. The first-order chi connectivity index (χ1) is 13.0. The van der Waals surface area contributed by atoms with Gasteiger partial charge in [-0.2, -0.15) is 0 Å². The molecule has 0 aliphatic carbocycles. The Hall–Kier alpha value is -3.35. The maximum atomic E-state index is 12.3. The summed E-state index contributed by atoms with van der Waals surface area (Å²) in [6.45, 7) is 1.02. The topological polar surface area (TPSA) is 90.9 Å². The molecule has 0 aromatic heterocycles. The molecule has 0 fully saturated rings. The zero-order valence-electron chi connectivity index (χ0n) is 15.4. The number of Topliss-reactive ketones (excluding diaryl/α,β-unsaturated/α-hetero) is 1. The Bertz CT molecular complexity index is 818. The minimum atomic E-state index is -0.900. The maximum absolute atomic E-state index is 12.3. The van der Waals surface area contributed by atoms with Crippen LogP contribution in [-0.4, -0.2) is 44.5 Å². The van der Waals surface area contributed by atoms with Crippen molar-refractivity contribution in [2.24, 2.45) is 0 Å². The number of benzene rings is 2. The molecule has 0 aliphatic rings. The number of methoxy groups -OCH3 is 2.